The van der Waals surface area contributed by atoms with Crippen molar-refractivity contribution in [2.24, 2.45) is 0 Å². The van der Waals surface area contributed by atoms with E-state index in [9.17, 15) is 9.59 Å². The summed E-state index contributed by atoms with van der Waals surface area (Å²) in [6.45, 7) is 1.97. The van der Waals surface area contributed by atoms with E-state index in [-0.39, 0.29) is 10.7 Å². The van der Waals surface area contributed by atoms with E-state index in [0.29, 0.717) is 6.41 Å². The molecule has 58 valence electrons. The molecule has 4 heteroatoms. The summed E-state index contributed by atoms with van der Waals surface area (Å²) in [5.74, 6) is -0.267. The highest BCUT2D eigenvalue weighted by Crippen LogP contribution is 2.06. The summed E-state index contributed by atoms with van der Waals surface area (Å²) >= 11 is 3.13. The van der Waals surface area contributed by atoms with Crippen molar-refractivity contribution in [2.45, 2.75) is 24.6 Å². The Bertz CT molecular complexity index is 127. The molecule has 0 fully saturated rings. The van der Waals surface area contributed by atoms with Gasteiger partial charge in [-0.1, -0.05) is 29.3 Å². The standard InChI is InChI=1S/C6H10BrNO2/c1-2-3-5(7)6(10)8-4-9/h4-5H,2-3H2,1H3,(H,8,9,10). The molecule has 0 radical (unpaired) electrons. The third kappa shape index (κ3) is 3.61. The number of hydrogen-bond acceptors (Lipinski definition) is 2. The van der Waals surface area contributed by atoms with Crippen molar-refractivity contribution in [3.8, 4) is 0 Å². The molecular formula is C6H10BrNO2. The van der Waals surface area contributed by atoms with Crippen LogP contribution in [0.1, 0.15) is 19.8 Å². The van der Waals surface area contributed by atoms with E-state index in [4.69, 9.17) is 0 Å². The van der Waals surface area contributed by atoms with E-state index in [1.807, 2.05) is 6.92 Å². The minimum atomic E-state index is -0.267. The number of amides is 2. The van der Waals surface area contributed by atoms with Crippen LogP contribution in [0.2, 0.25) is 0 Å². The van der Waals surface area contributed by atoms with Gasteiger partial charge in [0, 0.05) is 0 Å². The molecule has 0 aliphatic rings. The molecule has 0 saturated carbocycles. The summed E-state index contributed by atoms with van der Waals surface area (Å²) in [6, 6.07) is 0. The molecule has 0 aromatic rings. The molecule has 0 bridgehead atoms. The third-order valence-electron chi connectivity index (χ3n) is 1.03. The third-order valence-corrected chi connectivity index (χ3v) is 1.90. The van der Waals surface area contributed by atoms with E-state index in [2.05, 4.69) is 21.2 Å². The Hall–Kier alpha value is -0.380. The number of imide groups is 1. The lowest BCUT2D eigenvalue weighted by Crippen LogP contribution is -2.29. The minimum Gasteiger partial charge on any atom is -0.298 e. The van der Waals surface area contributed by atoms with Gasteiger partial charge >= 0.3 is 0 Å². The normalized spacial score (nSPS) is 12.2. The van der Waals surface area contributed by atoms with Crippen molar-refractivity contribution in [3.63, 3.8) is 0 Å². The number of nitrogens with one attached hydrogen (secondary N) is 1. The van der Waals surface area contributed by atoms with Gasteiger partial charge in [-0.3, -0.25) is 14.9 Å². The number of carbonyl (C=O) groups excluding carboxylic acids is 2. The number of rotatable bonds is 4. The second kappa shape index (κ2) is 5.41. The number of halogens is 1. The van der Waals surface area contributed by atoms with E-state index >= 15 is 0 Å². The fraction of sp³-hybridized carbons (Fsp3) is 0.667. The highest BCUT2D eigenvalue weighted by Gasteiger charge is 2.11. The molecule has 2 amide bonds. The zero-order valence-corrected chi connectivity index (χ0v) is 7.35. The second-order valence-electron chi connectivity index (χ2n) is 1.88. The first-order valence-corrected chi connectivity index (χ1v) is 4.02. The van der Waals surface area contributed by atoms with Gasteiger partial charge in [0.25, 0.3) is 0 Å². The van der Waals surface area contributed by atoms with Crippen LogP contribution in [0.25, 0.3) is 0 Å². The molecule has 0 heterocycles. The maximum Gasteiger partial charge on any atom is 0.240 e. The van der Waals surface area contributed by atoms with Gasteiger partial charge in [-0.05, 0) is 6.42 Å². The van der Waals surface area contributed by atoms with Crippen LogP contribution < -0.4 is 5.32 Å². The van der Waals surface area contributed by atoms with Crippen LogP contribution in [0.5, 0.6) is 0 Å². The predicted molar refractivity (Wildman–Crippen MR) is 41.8 cm³/mol. The van der Waals surface area contributed by atoms with Crippen molar-refractivity contribution >= 4 is 28.2 Å². The minimum absolute atomic E-state index is 0.234. The molecule has 3 nitrogen and oxygen atoms in total. The molecule has 0 aromatic heterocycles. The van der Waals surface area contributed by atoms with E-state index in [0.717, 1.165) is 12.8 Å². The van der Waals surface area contributed by atoms with E-state index in [1.54, 1.807) is 0 Å². The Morgan fingerprint density at radius 2 is 2.40 bits per heavy atom. The van der Waals surface area contributed by atoms with Gasteiger partial charge in [0.2, 0.25) is 12.3 Å². The van der Waals surface area contributed by atoms with E-state index < -0.39 is 0 Å². The highest BCUT2D eigenvalue weighted by atomic mass is 79.9. The first-order chi connectivity index (χ1) is 4.72. The fourth-order valence-electron chi connectivity index (χ4n) is 0.533. The topological polar surface area (TPSA) is 46.2 Å². The van der Waals surface area contributed by atoms with Crippen LogP contribution >= 0.6 is 15.9 Å². The summed E-state index contributed by atoms with van der Waals surface area (Å²) in [5.41, 5.74) is 0. The number of hydrogen-bond donors (Lipinski definition) is 1. The summed E-state index contributed by atoms with van der Waals surface area (Å²) in [6.07, 6.45) is 2.06. The smallest absolute Gasteiger partial charge is 0.240 e. The molecule has 0 saturated heterocycles. The molecule has 10 heavy (non-hydrogen) atoms. The summed E-state index contributed by atoms with van der Waals surface area (Å²) in [4.78, 5) is 20.3. The number of carbonyl (C=O) groups is 2. The van der Waals surface area contributed by atoms with Crippen molar-refractivity contribution < 1.29 is 9.59 Å². The van der Waals surface area contributed by atoms with Crippen LogP contribution in [0, 0.1) is 0 Å². The monoisotopic (exact) mass is 207 g/mol. The summed E-state index contributed by atoms with van der Waals surface area (Å²) in [5, 5.41) is 2.06. The Labute approximate surface area is 68.3 Å². The Morgan fingerprint density at radius 1 is 1.80 bits per heavy atom. The van der Waals surface area contributed by atoms with Gasteiger partial charge in [0.05, 0.1) is 4.83 Å². The van der Waals surface area contributed by atoms with Gasteiger partial charge in [-0.2, -0.15) is 0 Å². The maximum absolute atomic E-state index is 10.7. The molecule has 1 unspecified atom stereocenters. The van der Waals surface area contributed by atoms with Gasteiger partial charge in [0.1, 0.15) is 0 Å². The molecule has 1 N–H and O–H groups in total. The van der Waals surface area contributed by atoms with Gasteiger partial charge in [0.15, 0.2) is 0 Å². The second-order valence-corrected chi connectivity index (χ2v) is 2.99. The Balaban J connectivity index is 3.58. The molecular weight excluding hydrogens is 198 g/mol. The van der Waals surface area contributed by atoms with Crippen molar-refractivity contribution in [1.29, 1.82) is 0 Å². The maximum atomic E-state index is 10.7. The SMILES string of the molecule is CCCC(Br)C(=O)NC=O. The highest BCUT2D eigenvalue weighted by molar-refractivity contribution is 9.10. The van der Waals surface area contributed by atoms with Crippen molar-refractivity contribution in [1.82, 2.24) is 5.32 Å². The van der Waals surface area contributed by atoms with E-state index in [1.165, 1.54) is 0 Å². The summed E-state index contributed by atoms with van der Waals surface area (Å²) in [7, 11) is 0. The average molecular weight is 208 g/mol. The average Bonchev–Trinajstić information content (AvgIpc) is 1.89. The van der Waals surface area contributed by atoms with Crippen LogP contribution in [-0.4, -0.2) is 17.1 Å². The molecule has 0 aliphatic heterocycles. The Morgan fingerprint density at radius 3 is 2.80 bits per heavy atom. The molecule has 0 aromatic carbocycles. The molecule has 1 atom stereocenters. The van der Waals surface area contributed by atoms with Crippen molar-refractivity contribution in [2.75, 3.05) is 0 Å². The van der Waals surface area contributed by atoms with Crippen LogP contribution in [0.3, 0.4) is 0 Å². The van der Waals surface area contributed by atoms with Crippen LogP contribution in [0.4, 0.5) is 0 Å². The Kier molecular flexibility index (Phi) is 5.20. The number of alkyl halides is 1. The molecule has 0 rings (SSSR count). The lowest BCUT2D eigenvalue weighted by atomic mass is 10.2. The lowest BCUT2D eigenvalue weighted by molar-refractivity contribution is -0.124. The quantitative estimate of drug-likeness (QED) is 0.549. The zero-order chi connectivity index (χ0) is 7.98. The zero-order valence-electron chi connectivity index (χ0n) is 5.76. The van der Waals surface area contributed by atoms with Crippen LogP contribution in [0.15, 0.2) is 0 Å². The fourth-order valence-corrected chi connectivity index (χ4v) is 1.12. The van der Waals surface area contributed by atoms with Gasteiger partial charge < -0.3 is 0 Å². The lowest BCUT2D eigenvalue weighted by Gasteiger charge is -2.03. The predicted octanol–water partition coefficient (Wildman–Crippen LogP) is 0.823. The van der Waals surface area contributed by atoms with Gasteiger partial charge in [-0.15, -0.1) is 0 Å². The molecule has 0 spiro atoms. The van der Waals surface area contributed by atoms with Crippen LogP contribution in [-0.2, 0) is 9.59 Å². The van der Waals surface area contributed by atoms with Gasteiger partial charge in [-0.25, -0.2) is 0 Å². The first-order valence-electron chi connectivity index (χ1n) is 3.10. The van der Waals surface area contributed by atoms with Crippen molar-refractivity contribution in [3.05, 3.63) is 0 Å². The molecule has 0 aliphatic carbocycles. The summed E-state index contributed by atoms with van der Waals surface area (Å²) < 4.78 is 0. The first kappa shape index (κ1) is 9.62. The largest absolute Gasteiger partial charge is 0.298 e.